The van der Waals surface area contributed by atoms with E-state index in [-0.39, 0.29) is 30.2 Å². The normalized spacial score (nSPS) is 30.3. The van der Waals surface area contributed by atoms with Gasteiger partial charge in [-0.2, -0.15) is 0 Å². The van der Waals surface area contributed by atoms with Crippen LogP contribution < -0.4 is 0 Å². The van der Waals surface area contributed by atoms with Gasteiger partial charge >= 0.3 is 12.1 Å². The zero-order valence-electron chi connectivity index (χ0n) is 10.6. The van der Waals surface area contributed by atoms with Crippen molar-refractivity contribution in [1.29, 1.82) is 0 Å². The lowest BCUT2D eigenvalue weighted by atomic mass is 10.00. The predicted octanol–water partition coefficient (Wildman–Crippen LogP) is 0.245. The monoisotopic (exact) mass is 313 g/mol. The van der Waals surface area contributed by atoms with Crippen LogP contribution in [-0.2, 0) is 19.1 Å². The van der Waals surface area contributed by atoms with Gasteiger partial charge in [0.05, 0.1) is 17.4 Å². The number of ether oxygens (including phenoxy) is 2. The number of carbonyl (C=O) groups excluding carboxylic acids is 2. The highest BCUT2D eigenvalue weighted by Crippen LogP contribution is 2.50. The van der Waals surface area contributed by atoms with Crippen molar-refractivity contribution in [3.63, 3.8) is 0 Å². The lowest BCUT2D eigenvalue weighted by Gasteiger charge is -2.40. The molecule has 8 nitrogen and oxygen atoms in total. The standard InChI is InChI=1S/C12H11NO7S/c14-4-6-9(16)13-10(20-12(17)18)7(21-11(6)13)3-5-1-2-8(15)19-5/h1-2,5-6,11,14H,3-4H2,(H,17,18)/t5?,6-,11+/m0/s1. The number of esters is 1. The zero-order chi connectivity index (χ0) is 15.1. The van der Waals surface area contributed by atoms with Gasteiger partial charge in [-0.15, -0.1) is 0 Å². The summed E-state index contributed by atoms with van der Waals surface area (Å²) in [6.45, 7) is -0.307. The van der Waals surface area contributed by atoms with Crippen LogP contribution in [-0.4, -0.2) is 51.2 Å². The number of aliphatic hydroxyl groups excluding tert-OH is 1. The molecule has 0 spiro atoms. The minimum absolute atomic E-state index is 0.0523. The van der Waals surface area contributed by atoms with Crippen LogP contribution in [0.1, 0.15) is 6.42 Å². The van der Waals surface area contributed by atoms with Crippen molar-refractivity contribution < 1.29 is 34.1 Å². The average molecular weight is 313 g/mol. The number of hydrogen-bond donors (Lipinski definition) is 2. The van der Waals surface area contributed by atoms with Gasteiger partial charge in [0.25, 0.3) is 0 Å². The van der Waals surface area contributed by atoms with Gasteiger partial charge in [-0.3, -0.25) is 9.69 Å². The molecule has 0 saturated carbocycles. The summed E-state index contributed by atoms with van der Waals surface area (Å²) < 4.78 is 9.69. The van der Waals surface area contributed by atoms with E-state index >= 15 is 0 Å². The molecule has 21 heavy (non-hydrogen) atoms. The molecular weight excluding hydrogens is 302 g/mol. The third-order valence-electron chi connectivity index (χ3n) is 3.36. The molecule has 1 fully saturated rings. The highest BCUT2D eigenvalue weighted by molar-refractivity contribution is 8.04. The topological polar surface area (TPSA) is 113 Å². The number of hydrogen-bond acceptors (Lipinski definition) is 7. The first-order chi connectivity index (χ1) is 10.0. The van der Waals surface area contributed by atoms with Gasteiger partial charge in [-0.1, -0.05) is 11.8 Å². The van der Waals surface area contributed by atoms with Crippen LogP contribution in [0.25, 0.3) is 0 Å². The Hall–Kier alpha value is -2.00. The maximum Gasteiger partial charge on any atom is 0.512 e. The molecule has 0 bridgehead atoms. The Balaban J connectivity index is 1.80. The van der Waals surface area contributed by atoms with Crippen LogP contribution in [0, 0.1) is 5.92 Å². The summed E-state index contributed by atoms with van der Waals surface area (Å²) in [7, 11) is 0. The van der Waals surface area contributed by atoms with E-state index in [2.05, 4.69) is 0 Å². The Bertz CT molecular complexity index is 584. The van der Waals surface area contributed by atoms with Crippen LogP contribution in [0.4, 0.5) is 4.79 Å². The van der Waals surface area contributed by atoms with E-state index in [0.29, 0.717) is 4.91 Å². The molecule has 0 aromatic heterocycles. The maximum absolute atomic E-state index is 11.8. The van der Waals surface area contributed by atoms with Gasteiger partial charge in [0.2, 0.25) is 11.8 Å². The van der Waals surface area contributed by atoms with Crippen LogP contribution >= 0.6 is 11.8 Å². The molecule has 3 aliphatic heterocycles. The van der Waals surface area contributed by atoms with Crippen molar-refractivity contribution in [1.82, 2.24) is 4.90 Å². The zero-order valence-corrected chi connectivity index (χ0v) is 11.4. The summed E-state index contributed by atoms with van der Waals surface area (Å²) in [6, 6.07) is 0. The third kappa shape index (κ3) is 2.28. The SMILES string of the molecule is O=C(O)OC1=C(CC2C=CC(=O)O2)S[C@@H]2[C@@H](CO)C(=O)N12. The number of amides is 1. The molecule has 3 rings (SSSR count). The quantitative estimate of drug-likeness (QED) is 0.561. The van der Waals surface area contributed by atoms with Crippen LogP contribution in [0.5, 0.6) is 0 Å². The smallest absolute Gasteiger partial charge is 0.455 e. The average Bonchev–Trinajstić information content (AvgIpc) is 2.93. The second-order valence-electron chi connectivity index (χ2n) is 4.64. The first kappa shape index (κ1) is 14.0. The van der Waals surface area contributed by atoms with Crippen molar-refractivity contribution >= 4 is 29.8 Å². The van der Waals surface area contributed by atoms with E-state index in [4.69, 9.17) is 19.7 Å². The number of fused-ring (bicyclic) bond motifs is 1. The first-order valence-corrected chi connectivity index (χ1v) is 7.02. The van der Waals surface area contributed by atoms with Crippen molar-refractivity contribution in [3.05, 3.63) is 22.9 Å². The molecule has 1 unspecified atom stereocenters. The van der Waals surface area contributed by atoms with Crippen molar-refractivity contribution in [2.75, 3.05) is 6.61 Å². The predicted molar refractivity (Wildman–Crippen MR) is 68.6 cm³/mol. The van der Waals surface area contributed by atoms with E-state index in [0.717, 1.165) is 0 Å². The minimum atomic E-state index is -1.53. The molecule has 0 aliphatic carbocycles. The highest BCUT2D eigenvalue weighted by atomic mass is 32.2. The van der Waals surface area contributed by atoms with Gasteiger partial charge in [0.15, 0.2) is 0 Å². The molecule has 0 aromatic rings. The molecule has 0 aromatic carbocycles. The van der Waals surface area contributed by atoms with Crippen molar-refractivity contribution in [3.8, 4) is 0 Å². The summed E-state index contributed by atoms with van der Waals surface area (Å²) in [4.78, 5) is 35.4. The Labute approximate surface area is 123 Å². The Morgan fingerprint density at radius 2 is 2.24 bits per heavy atom. The molecule has 0 radical (unpaired) electrons. The number of carbonyl (C=O) groups is 3. The summed E-state index contributed by atoms with van der Waals surface area (Å²) >= 11 is 1.25. The number of cyclic esters (lactones) is 1. The second kappa shape index (κ2) is 5.08. The molecule has 3 atom stereocenters. The molecule has 1 amide bonds. The van der Waals surface area contributed by atoms with E-state index in [1.54, 1.807) is 6.08 Å². The number of aliphatic hydroxyl groups is 1. The van der Waals surface area contributed by atoms with E-state index in [9.17, 15) is 14.4 Å². The Morgan fingerprint density at radius 1 is 1.48 bits per heavy atom. The van der Waals surface area contributed by atoms with Gasteiger partial charge in [0.1, 0.15) is 11.5 Å². The lowest BCUT2D eigenvalue weighted by molar-refractivity contribution is -0.152. The maximum atomic E-state index is 11.8. The van der Waals surface area contributed by atoms with E-state index < -0.39 is 24.1 Å². The first-order valence-electron chi connectivity index (χ1n) is 6.14. The summed E-state index contributed by atoms with van der Waals surface area (Å²) in [5, 5.41) is 17.6. The fraction of sp³-hybridized carbons (Fsp3) is 0.417. The summed E-state index contributed by atoms with van der Waals surface area (Å²) in [6.07, 6.45) is 1.05. The lowest BCUT2D eigenvalue weighted by Crippen LogP contribution is -2.58. The molecule has 1 saturated heterocycles. The molecule has 3 aliphatic rings. The summed E-state index contributed by atoms with van der Waals surface area (Å²) in [5.41, 5.74) is 0. The number of carboxylic acid groups (broad SMARTS) is 1. The summed E-state index contributed by atoms with van der Waals surface area (Å²) in [5.74, 6) is -1.46. The number of rotatable bonds is 4. The molecule has 3 heterocycles. The molecule has 9 heteroatoms. The third-order valence-corrected chi connectivity index (χ3v) is 4.76. The van der Waals surface area contributed by atoms with Gasteiger partial charge in [-0.05, 0) is 6.08 Å². The van der Waals surface area contributed by atoms with E-state index in [1.807, 2.05) is 0 Å². The van der Waals surface area contributed by atoms with Crippen LogP contribution in [0.15, 0.2) is 22.9 Å². The number of nitrogens with zero attached hydrogens (tertiary/aromatic N) is 1. The molecule has 2 N–H and O–H groups in total. The fourth-order valence-electron chi connectivity index (χ4n) is 2.40. The Morgan fingerprint density at radius 3 is 2.81 bits per heavy atom. The number of thioether (sulfide) groups is 1. The fourth-order valence-corrected chi connectivity index (χ4v) is 3.87. The van der Waals surface area contributed by atoms with E-state index in [1.165, 1.54) is 22.7 Å². The number of β-lactam (4-membered cyclic amide) rings is 1. The van der Waals surface area contributed by atoms with Crippen molar-refractivity contribution in [2.45, 2.75) is 17.9 Å². The Kier molecular flexibility index (Phi) is 3.38. The van der Waals surface area contributed by atoms with Crippen LogP contribution in [0.3, 0.4) is 0 Å². The highest BCUT2D eigenvalue weighted by Gasteiger charge is 2.55. The van der Waals surface area contributed by atoms with Gasteiger partial charge in [0, 0.05) is 12.5 Å². The molecule has 112 valence electrons. The second-order valence-corrected chi connectivity index (χ2v) is 5.85. The van der Waals surface area contributed by atoms with Crippen molar-refractivity contribution in [2.24, 2.45) is 5.92 Å². The van der Waals surface area contributed by atoms with Crippen LogP contribution in [0.2, 0.25) is 0 Å². The molecular formula is C12H11NO7S. The minimum Gasteiger partial charge on any atom is -0.455 e. The van der Waals surface area contributed by atoms with Gasteiger partial charge < -0.3 is 19.7 Å². The van der Waals surface area contributed by atoms with Gasteiger partial charge in [-0.25, -0.2) is 9.59 Å². The largest absolute Gasteiger partial charge is 0.512 e.